The number of aromatic nitrogens is 3. The molecule has 0 atom stereocenters. The number of carbonyl (C=O) groups excluding carboxylic acids is 1. The Morgan fingerprint density at radius 3 is 2.40 bits per heavy atom. The highest BCUT2D eigenvalue weighted by Crippen LogP contribution is 2.39. The molecular formula is C21H16F5N4O7PS2. The van der Waals surface area contributed by atoms with Gasteiger partial charge in [0.25, 0.3) is 11.5 Å². The minimum Gasteiger partial charge on any atom is -0.308 e. The normalized spacial score (nSPS) is 12.9. The van der Waals surface area contributed by atoms with Gasteiger partial charge >= 0.3 is 19.7 Å². The van der Waals surface area contributed by atoms with Crippen molar-refractivity contribution in [2.75, 3.05) is 0 Å². The van der Waals surface area contributed by atoms with Crippen LogP contribution in [0.15, 0.2) is 32.1 Å². The van der Waals surface area contributed by atoms with Crippen molar-refractivity contribution in [2.45, 2.75) is 19.5 Å². The standard InChI is InChI=1S/C21H16F5N4O7PS2/c1-8-10(14-17(32)28(2)20(33)29(3)18(14)40-8)6-13(31)27-19-30(37-38(34,35)36)12(7-39-19)9-4-5-11(22)15(16(9)23)21(24,25)26/h4-5,7H,6H2,1-3H3,(H2,34,35,36). The van der Waals surface area contributed by atoms with E-state index in [9.17, 15) is 50.7 Å². The van der Waals surface area contributed by atoms with E-state index in [2.05, 4.69) is 9.62 Å². The van der Waals surface area contributed by atoms with Gasteiger partial charge in [0.2, 0.25) is 4.80 Å². The van der Waals surface area contributed by atoms with E-state index in [0.717, 1.165) is 21.3 Å². The molecule has 0 aliphatic heterocycles. The van der Waals surface area contributed by atoms with Crippen molar-refractivity contribution < 1.29 is 45.7 Å². The summed E-state index contributed by atoms with van der Waals surface area (Å²) < 4.78 is 86.6. The fourth-order valence-corrected chi connectivity index (χ4v) is 6.22. The molecule has 0 saturated carbocycles. The fraction of sp³-hybridized carbons (Fsp3) is 0.238. The number of nitrogens with zero attached hydrogens (tertiary/aromatic N) is 4. The van der Waals surface area contributed by atoms with Gasteiger partial charge in [0.1, 0.15) is 27.7 Å². The van der Waals surface area contributed by atoms with Gasteiger partial charge in [-0.2, -0.15) is 18.2 Å². The second-order valence-corrected chi connectivity index (χ2v) is 11.4. The molecule has 214 valence electrons. The Hall–Kier alpha value is -3.44. The van der Waals surface area contributed by atoms with Gasteiger partial charge < -0.3 is 4.62 Å². The summed E-state index contributed by atoms with van der Waals surface area (Å²) in [6.07, 6.45) is -5.97. The van der Waals surface area contributed by atoms with Crippen LogP contribution in [0.4, 0.5) is 22.0 Å². The average Bonchev–Trinajstić information content (AvgIpc) is 3.35. The number of benzene rings is 1. The van der Waals surface area contributed by atoms with Crippen molar-refractivity contribution in [3.8, 4) is 11.3 Å². The number of hydrogen-bond acceptors (Lipinski definition) is 7. The smallest absolute Gasteiger partial charge is 0.308 e. The number of thiophene rings is 1. The van der Waals surface area contributed by atoms with Crippen LogP contribution in [-0.4, -0.2) is 29.6 Å². The van der Waals surface area contributed by atoms with Crippen molar-refractivity contribution in [2.24, 2.45) is 19.1 Å². The molecule has 0 aliphatic rings. The number of aryl methyl sites for hydroxylation is 2. The summed E-state index contributed by atoms with van der Waals surface area (Å²) >= 11 is 1.52. The summed E-state index contributed by atoms with van der Waals surface area (Å²) in [6.45, 7) is 1.59. The third-order valence-corrected chi connectivity index (χ3v) is 8.05. The van der Waals surface area contributed by atoms with Gasteiger partial charge in [-0.15, -0.1) is 27.4 Å². The van der Waals surface area contributed by atoms with Crippen molar-refractivity contribution in [3.63, 3.8) is 0 Å². The Morgan fingerprint density at radius 2 is 1.80 bits per heavy atom. The molecule has 1 aromatic carbocycles. The van der Waals surface area contributed by atoms with E-state index in [0.29, 0.717) is 33.2 Å². The minimum absolute atomic E-state index is 0.0786. The highest BCUT2D eigenvalue weighted by Gasteiger charge is 2.39. The summed E-state index contributed by atoms with van der Waals surface area (Å²) in [5.41, 5.74) is -4.94. The number of phosphoric acid groups is 1. The van der Waals surface area contributed by atoms with Gasteiger partial charge in [0.15, 0.2) is 0 Å². The van der Waals surface area contributed by atoms with E-state index in [4.69, 9.17) is 0 Å². The quantitative estimate of drug-likeness (QED) is 0.256. The topological polar surface area (TPSA) is 145 Å². The summed E-state index contributed by atoms with van der Waals surface area (Å²) in [5.74, 6) is -4.99. The molecule has 0 unspecified atom stereocenters. The Labute approximate surface area is 226 Å². The van der Waals surface area contributed by atoms with Crippen LogP contribution >= 0.6 is 30.5 Å². The molecule has 11 nitrogen and oxygen atoms in total. The van der Waals surface area contributed by atoms with Crippen LogP contribution in [0, 0.1) is 18.6 Å². The Balaban J connectivity index is 1.87. The number of fused-ring (bicyclic) bond motifs is 1. The molecule has 0 saturated heterocycles. The monoisotopic (exact) mass is 626 g/mol. The molecule has 0 spiro atoms. The second-order valence-electron chi connectivity index (χ2n) is 8.26. The van der Waals surface area contributed by atoms with Crippen molar-refractivity contribution in [3.05, 3.63) is 70.8 Å². The zero-order chi connectivity index (χ0) is 29.9. The highest BCUT2D eigenvalue weighted by molar-refractivity contribution is 7.46. The lowest BCUT2D eigenvalue weighted by molar-refractivity contribution is -0.142. The zero-order valence-corrected chi connectivity index (χ0v) is 22.8. The van der Waals surface area contributed by atoms with Gasteiger partial charge in [-0.3, -0.25) is 28.5 Å². The highest BCUT2D eigenvalue weighted by atomic mass is 32.1. The third-order valence-electron chi connectivity index (χ3n) is 5.64. The molecule has 4 rings (SSSR count). The largest absolute Gasteiger partial charge is 0.543 e. The second kappa shape index (κ2) is 10.2. The molecule has 3 aromatic heterocycles. The van der Waals surface area contributed by atoms with Crippen molar-refractivity contribution in [1.29, 1.82) is 0 Å². The van der Waals surface area contributed by atoms with E-state index in [-0.39, 0.29) is 15.7 Å². The van der Waals surface area contributed by atoms with Gasteiger partial charge in [-0.1, -0.05) is 0 Å². The van der Waals surface area contributed by atoms with E-state index < -0.39 is 70.8 Å². The first-order valence-electron chi connectivity index (χ1n) is 10.7. The number of thiazole rings is 1. The number of alkyl halides is 3. The Kier molecular flexibility index (Phi) is 7.53. The fourth-order valence-electron chi connectivity index (χ4n) is 3.84. The molecule has 0 fully saturated rings. The van der Waals surface area contributed by atoms with Gasteiger partial charge in [-0.05, 0) is 24.6 Å². The summed E-state index contributed by atoms with van der Waals surface area (Å²) in [6, 6.07) is 0.898. The predicted octanol–water partition coefficient (Wildman–Crippen LogP) is 2.63. The molecule has 2 N–H and O–H groups in total. The lowest BCUT2D eigenvalue weighted by atomic mass is 10.1. The minimum atomic E-state index is -5.46. The lowest BCUT2D eigenvalue weighted by Gasteiger charge is -2.14. The Morgan fingerprint density at radius 1 is 1.15 bits per heavy atom. The van der Waals surface area contributed by atoms with Gasteiger partial charge in [-0.25, -0.2) is 18.1 Å². The molecule has 0 aliphatic carbocycles. The van der Waals surface area contributed by atoms with E-state index in [1.807, 2.05) is 0 Å². The van der Waals surface area contributed by atoms with Crippen LogP contribution in [0.1, 0.15) is 16.0 Å². The molecule has 0 bridgehead atoms. The first-order chi connectivity index (χ1) is 18.4. The molecular weight excluding hydrogens is 610 g/mol. The van der Waals surface area contributed by atoms with Crippen LogP contribution in [0.25, 0.3) is 21.5 Å². The predicted molar refractivity (Wildman–Crippen MR) is 133 cm³/mol. The summed E-state index contributed by atoms with van der Waals surface area (Å²) in [4.78, 5) is 60.5. The van der Waals surface area contributed by atoms with E-state index in [1.54, 1.807) is 6.92 Å². The number of halogens is 5. The van der Waals surface area contributed by atoms with Gasteiger partial charge in [0, 0.05) is 29.9 Å². The SMILES string of the molecule is Cc1sc2c(c1CC(=O)N=c1scc(-c3ccc(F)c(C(F)(F)F)c3F)n1OP(=O)(O)O)c(=O)n(C)c(=O)n2C. The maximum atomic E-state index is 14.8. The molecule has 3 heterocycles. The lowest BCUT2D eigenvalue weighted by Crippen LogP contribution is -2.36. The van der Waals surface area contributed by atoms with Crippen LogP contribution in [0.5, 0.6) is 0 Å². The zero-order valence-electron chi connectivity index (χ0n) is 20.3. The van der Waals surface area contributed by atoms with Crippen molar-refractivity contribution in [1.82, 2.24) is 13.9 Å². The average molecular weight is 626 g/mol. The molecule has 4 aromatic rings. The Bertz CT molecular complexity index is 1930. The van der Waals surface area contributed by atoms with Crippen LogP contribution in [0.2, 0.25) is 0 Å². The maximum Gasteiger partial charge on any atom is 0.543 e. The number of hydrogen-bond donors (Lipinski definition) is 2. The molecule has 40 heavy (non-hydrogen) atoms. The van der Waals surface area contributed by atoms with Crippen molar-refractivity contribution >= 4 is 46.6 Å². The maximum absolute atomic E-state index is 14.8. The summed E-state index contributed by atoms with van der Waals surface area (Å²) in [5, 5.41) is 0.976. The first kappa shape index (κ1) is 29.5. The number of amides is 1. The van der Waals surface area contributed by atoms with Crippen LogP contribution < -0.4 is 20.7 Å². The van der Waals surface area contributed by atoms with E-state index in [1.165, 1.54) is 18.7 Å². The van der Waals surface area contributed by atoms with E-state index >= 15 is 0 Å². The van der Waals surface area contributed by atoms with Crippen LogP contribution in [0.3, 0.4) is 0 Å². The molecule has 1 amide bonds. The van der Waals surface area contributed by atoms with Gasteiger partial charge in [0.05, 0.1) is 11.8 Å². The molecule has 0 radical (unpaired) electrons. The first-order valence-corrected chi connectivity index (χ1v) is 13.9. The summed E-state index contributed by atoms with van der Waals surface area (Å²) in [7, 11) is -2.77. The van der Waals surface area contributed by atoms with Crippen LogP contribution in [-0.2, 0) is 36.1 Å². The third kappa shape index (κ3) is 5.32. The molecule has 19 heteroatoms. The number of carbonyl (C=O) groups is 1. The number of rotatable bonds is 5.